The molecule has 3 aromatic rings. The number of nitrogens with zero attached hydrogens (tertiary/aromatic N) is 2. The first-order valence-electron chi connectivity index (χ1n) is 11.0. The first-order chi connectivity index (χ1) is 16.4. The van der Waals surface area contributed by atoms with Crippen LogP contribution < -0.4 is 11.3 Å². The van der Waals surface area contributed by atoms with Gasteiger partial charge in [0.2, 0.25) is 5.91 Å². The highest BCUT2D eigenvalue weighted by Crippen LogP contribution is 2.37. The minimum absolute atomic E-state index is 0.112. The van der Waals surface area contributed by atoms with Crippen molar-refractivity contribution in [1.82, 2.24) is 15.0 Å². The fourth-order valence-corrected chi connectivity index (χ4v) is 3.51. The first kappa shape index (κ1) is 24.2. The number of aromatic amines is 1. The Hall–Kier alpha value is -3.93. The van der Waals surface area contributed by atoms with Gasteiger partial charge in [0, 0.05) is 23.0 Å². The van der Waals surface area contributed by atoms with Crippen molar-refractivity contribution in [2.75, 3.05) is 0 Å². The molecule has 0 bridgehead atoms. The van der Waals surface area contributed by atoms with E-state index < -0.39 is 28.6 Å². The number of rotatable bonds is 5. The highest BCUT2D eigenvalue weighted by molar-refractivity contribution is 5.80. The Balaban J connectivity index is 1.80. The predicted molar refractivity (Wildman–Crippen MR) is 125 cm³/mol. The zero-order valence-corrected chi connectivity index (χ0v) is 19.2. The van der Waals surface area contributed by atoms with Gasteiger partial charge >= 0.3 is 6.18 Å². The molecule has 1 saturated carbocycles. The van der Waals surface area contributed by atoms with Gasteiger partial charge in [-0.1, -0.05) is 31.9 Å². The van der Waals surface area contributed by atoms with Crippen molar-refractivity contribution >= 4 is 5.91 Å². The molecule has 1 aromatic carbocycles. The van der Waals surface area contributed by atoms with E-state index in [0.29, 0.717) is 22.9 Å². The number of H-pyrrole nitrogens is 1. The van der Waals surface area contributed by atoms with Crippen molar-refractivity contribution in [3.8, 4) is 34.6 Å². The fraction of sp³-hybridized carbons (Fsp3) is 0.308. The van der Waals surface area contributed by atoms with Gasteiger partial charge in [0.15, 0.2) is 0 Å². The molecule has 1 aliphatic carbocycles. The summed E-state index contributed by atoms with van der Waals surface area (Å²) in [5.41, 5.74) is 3.93. The van der Waals surface area contributed by atoms with E-state index in [0.717, 1.165) is 18.9 Å². The standard InChI is InChI=1S/C26H23F3N4O2/c1-25(2,24(30)35)14-16-9-11-19(26(27,28)29)18(12-16)23-32-21(13-22(34)33-23)20-5-3-4-17(31-20)10-8-15-6-7-15/h3-5,9,11-13,15H,6-7,14H2,1-2H3,(H2,30,35)(H,32,33,34). The molecular formula is C26H23F3N4O2. The van der Waals surface area contributed by atoms with Crippen molar-refractivity contribution < 1.29 is 18.0 Å². The van der Waals surface area contributed by atoms with E-state index in [-0.39, 0.29) is 23.5 Å². The summed E-state index contributed by atoms with van der Waals surface area (Å²) in [6.07, 6.45) is -2.47. The highest BCUT2D eigenvalue weighted by atomic mass is 19.4. The van der Waals surface area contributed by atoms with Crippen LogP contribution in [0.15, 0.2) is 47.3 Å². The second kappa shape index (κ2) is 9.02. The van der Waals surface area contributed by atoms with Crippen LogP contribution >= 0.6 is 0 Å². The van der Waals surface area contributed by atoms with Crippen LogP contribution in [0.2, 0.25) is 0 Å². The monoisotopic (exact) mass is 480 g/mol. The molecule has 0 unspecified atom stereocenters. The number of carbonyl (C=O) groups is 1. The van der Waals surface area contributed by atoms with Gasteiger partial charge in [-0.25, -0.2) is 9.97 Å². The summed E-state index contributed by atoms with van der Waals surface area (Å²) in [6.45, 7) is 3.22. The maximum absolute atomic E-state index is 13.8. The Morgan fingerprint density at radius 1 is 1.11 bits per heavy atom. The Kier molecular flexibility index (Phi) is 6.24. The molecule has 0 radical (unpaired) electrons. The molecule has 180 valence electrons. The summed E-state index contributed by atoms with van der Waals surface area (Å²) >= 11 is 0. The molecule has 0 aliphatic heterocycles. The van der Waals surface area contributed by atoms with Gasteiger partial charge in [0.25, 0.3) is 5.56 Å². The third-order valence-corrected chi connectivity index (χ3v) is 5.69. The normalized spacial score (nSPS) is 13.7. The minimum atomic E-state index is -4.70. The SMILES string of the molecule is CC(C)(Cc1ccc(C(F)(F)F)c(-c2nc(-c3cccc(C#CC4CC4)n3)cc(=O)[nH]2)c1)C(N)=O. The van der Waals surface area contributed by atoms with Gasteiger partial charge in [0.1, 0.15) is 11.5 Å². The van der Waals surface area contributed by atoms with Crippen LogP contribution in [0.3, 0.4) is 0 Å². The van der Waals surface area contributed by atoms with E-state index in [1.807, 2.05) is 0 Å². The number of hydrogen-bond acceptors (Lipinski definition) is 4. The molecule has 0 saturated heterocycles. The van der Waals surface area contributed by atoms with Crippen LogP contribution in [0, 0.1) is 23.2 Å². The number of carbonyl (C=O) groups excluding carboxylic acids is 1. The summed E-state index contributed by atoms with van der Waals surface area (Å²) in [6, 6.07) is 9.71. The smallest absolute Gasteiger partial charge is 0.369 e. The molecule has 1 amide bonds. The van der Waals surface area contributed by atoms with E-state index in [4.69, 9.17) is 5.73 Å². The van der Waals surface area contributed by atoms with Crippen molar-refractivity contribution in [1.29, 1.82) is 0 Å². The number of primary amides is 1. The molecule has 1 aliphatic rings. The van der Waals surface area contributed by atoms with Crippen LogP contribution in [0.5, 0.6) is 0 Å². The van der Waals surface area contributed by atoms with E-state index in [1.54, 1.807) is 32.0 Å². The summed E-state index contributed by atoms with van der Waals surface area (Å²) in [5, 5.41) is 0. The Bertz CT molecular complexity index is 1410. The van der Waals surface area contributed by atoms with Gasteiger partial charge in [-0.3, -0.25) is 9.59 Å². The average Bonchev–Trinajstić information content (AvgIpc) is 3.61. The minimum Gasteiger partial charge on any atom is -0.369 e. The van der Waals surface area contributed by atoms with Crippen LogP contribution in [0.1, 0.15) is 43.5 Å². The van der Waals surface area contributed by atoms with Crippen molar-refractivity contribution in [3.63, 3.8) is 0 Å². The lowest BCUT2D eigenvalue weighted by atomic mass is 9.84. The molecule has 3 N–H and O–H groups in total. The summed E-state index contributed by atoms with van der Waals surface area (Å²) in [7, 11) is 0. The Morgan fingerprint density at radius 2 is 1.86 bits per heavy atom. The number of aromatic nitrogens is 3. The fourth-order valence-electron chi connectivity index (χ4n) is 3.51. The van der Waals surface area contributed by atoms with E-state index >= 15 is 0 Å². The molecule has 6 nitrogen and oxygen atoms in total. The molecule has 2 aromatic heterocycles. The van der Waals surface area contributed by atoms with Gasteiger partial charge in [-0.15, -0.1) is 0 Å². The quantitative estimate of drug-likeness (QED) is 0.531. The number of nitrogens with one attached hydrogen (secondary N) is 1. The van der Waals surface area contributed by atoms with E-state index in [2.05, 4.69) is 26.8 Å². The maximum atomic E-state index is 13.8. The first-order valence-corrected chi connectivity index (χ1v) is 11.0. The molecule has 0 atom stereocenters. The lowest BCUT2D eigenvalue weighted by Gasteiger charge is -2.21. The van der Waals surface area contributed by atoms with Gasteiger partial charge < -0.3 is 10.7 Å². The summed E-state index contributed by atoms with van der Waals surface area (Å²) in [4.78, 5) is 35.3. The topological polar surface area (TPSA) is 102 Å². The number of halogens is 3. The average molecular weight is 480 g/mol. The van der Waals surface area contributed by atoms with Crippen molar-refractivity contribution in [2.45, 2.75) is 39.3 Å². The molecule has 1 fully saturated rings. The van der Waals surface area contributed by atoms with Gasteiger partial charge in [-0.05, 0) is 55.0 Å². The molecule has 9 heteroatoms. The second-order valence-electron chi connectivity index (χ2n) is 9.23. The van der Waals surface area contributed by atoms with Gasteiger partial charge in [-0.2, -0.15) is 13.2 Å². The number of amides is 1. The number of benzene rings is 1. The molecule has 35 heavy (non-hydrogen) atoms. The van der Waals surface area contributed by atoms with E-state index in [9.17, 15) is 22.8 Å². The van der Waals surface area contributed by atoms with Gasteiger partial charge in [0.05, 0.1) is 17.0 Å². The van der Waals surface area contributed by atoms with Crippen LogP contribution in [-0.4, -0.2) is 20.9 Å². The lowest BCUT2D eigenvalue weighted by molar-refractivity contribution is -0.137. The third-order valence-electron chi connectivity index (χ3n) is 5.69. The number of nitrogens with two attached hydrogens (primary N) is 1. The predicted octanol–water partition coefficient (Wildman–Crippen LogP) is 4.33. The van der Waals surface area contributed by atoms with E-state index in [1.165, 1.54) is 18.2 Å². The number of alkyl halides is 3. The molecular weight excluding hydrogens is 457 g/mol. The number of pyridine rings is 1. The van der Waals surface area contributed by atoms with Crippen LogP contribution in [0.4, 0.5) is 13.2 Å². The van der Waals surface area contributed by atoms with Crippen LogP contribution in [0.25, 0.3) is 22.8 Å². The zero-order valence-electron chi connectivity index (χ0n) is 19.2. The zero-order chi connectivity index (χ0) is 25.4. The molecule has 2 heterocycles. The maximum Gasteiger partial charge on any atom is 0.417 e. The highest BCUT2D eigenvalue weighted by Gasteiger charge is 2.35. The Morgan fingerprint density at radius 3 is 2.51 bits per heavy atom. The van der Waals surface area contributed by atoms with Crippen molar-refractivity contribution in [2.24, 2.45) is 17.1 Å². The van der Waals surface area contributed by atoms with Crippen molar-refractivity contribution in [3.05, 3.63) is 69.6 Å². The largest absolute Gasteiger partial charge is 0.417 e. The summed E-state index contributed by atoms with van der Waals surface area (Å²) < 4.78 is 41.5. The molecule has 0 spiro atoms. The number of hydrogen-bond donors (Lipinski definition) is 2. The van der Waals surface area contributed by atoms with Crippen LogP contribution in [-0.2, 0) is 17.4 Å². The molecule has 4 rings (SSSR count). The third kappa shape index (κ3) is 5.77. The summed E-state index contributed by atoms with van der Waals surface area (Å²) in [5.74, 6) is 5.62. The second-order valence-corrected chi connectivity index (χ2v) is 9.23. The lowest BCUT2D eigenvalue weighted by Crippen LogP contribution is -2.33. The Labute approximate surface area is 199 Å².